The van der Waals surface area contributed by atoms with Gasteiger partial charge in [-0.3, -0.25) is 4.79 Å². The molecule has 1 amide bonds. The molecule has 0 spiro atoms. The fraction of sp³-hybridized carbons (Fsp3) is 0.364. The zero-order valence-electron chi connectivity index (χ0n) is 19.3. The maximum absolute atomic E-state index is 12.6. The zero-order valence-corrected chi connectivity index (χ0v) is 22.4. The van der Waals surface area contributed by atoms with E-state index in [0.717, 1.165) is 10.4 Å². The van der Waals surface area contributed by atoms with Crippen molar-refractivity contribution in [2.24, 2.45) is 7.05 Å². The molecule has 2 aromatic heterocycles. The van der Waals surface area contributed by atoms with E-state index in [9.17, 15) is 9.59 Å². The Morgan fingerprint density at radius 2 is 2.00 bits per heavy atom. The van der Waals surface area contributed by atoms with Gasteiger partial charge in [-0.25, -0.2) is 4.79 Å². The van der Waals surface area contributed by atoms with Crippen molar-refractivity contribution >= 4 is 63.2 Å². The summed E-state index contributed by atoms with van der Waals surface area (Å²) in [4.78, 5) is 25.9. The number of carbonyl (C=O) groups is 2. The lowest BCUT2D eigenvalue weighted by Crippen LogP contribution is -2.17. The molecular formula is C22H24Cl2N4O4S2. The fourth-order valence-corrected chi connectivity index (χ4v) is 5.18. The molecule has 0 radical (unpaired) electrons. The third-order valence-corrected chi connectivity index (χ3v) is 7.57. The van der Waals surface area contributed by atoms with E-state index in [4.69, 9.17) is 32.7 Å². The maximum atomic E-state index is 12.6. The molecule has 3 rings (SSSR count). The summed E-state index contributed by atoms with van der Waals surface area (Å²) >= 11 is 14.8. The van der Waals surface area contributed by atoms with Gasteiger partial charge in [0.15, 0.2) is 17.1 Å². The Morgan fingerprint density at radius 1 is 1.26 bits per heavy atom. The number of nitrogens with zero attached hydrogens (tertiary/aromatic N) is 3. The minimum atomic E-state index is -0.458. The minimum absolute atomic E-state index is 0.0829. The largest absolute Gasteiger partial charge is 0.481 e. The number of thioether (sulfide) groups is 1. The van der Waals surface area contributed by atoms with Gasteiger partial charge < -0.3 is 19.4 Å². The number of anilines is 1. The minimum Gasteiger partial charge on any atom is -0.481 e. The van der Waals surface area contributed by atoms with E-state index in [-0.39, 0.29) is 18.3 Å². The van der Waals surface area contributed by atoms with Crippen LogP contribution in [0.3, 0.4) is 0 Å². The standard InChI is InChI=1S/C22H24Cl2N4O4S2/c1-6-31-21(30)18-11(2)13(4)34-20(18)25-17(29)10-33-22-27-26-19(28(22)5)12(3)32-16-9-14(23)7-8-15(16)24/h7-9,12H,6,10H2,1-5H3,(H,25,29). The summed E-state index contributed by atoms with van der Waals surface area (Å²) in [7, 11) is 1.79. The Bertz CT molecular complexity index is 1210. The summed E-state index contributed by atoms with van der Waals surface area (Å²) in [6, 6.07) is 4.97. The van der Waals surface area contributed by atoms with Gasteiger partial charge in [-0.05, 0) is 45.4 Å². The van der Waals surface area contributed by atoms with Crippen LogP contribution in [0.2, 0.25) is 10.0 Å². The van der Waals surface area contributed by atoms with Crippen LogP contribution in [-0.4, -0.2) is 39.0 Å². The van der Waals surface area contributed by atoms with Crippen LogP contribution < -0.4 is 10.1 Å². The number of halogens is 2. The number of thiophene rings is 1. The van der Waals surface area contributed by atoms with E-state index in [1.807, 2.05) is 20.8 Å². The van der Waals surface area contributed by atoms with E-state index in [2.05, 4.69) is 15.5 Å². The Morgan fingerprint density at radius 3 is 2.71 bits per heavy atom. The number of aromatic nitrogens is 3. The van der Waals surface area contributed by atoms with Crippen molar-refractivity contribution in [3.8, 4) is 5.75 Å². The monoisotopic (exact) mass is 542 g/mol. The van der Waals surface area contributed by atoms with Crippen molar-refractivity contribution in [2.75, 3.05) is 17.7 Å². The normalized spacial score (nSPS) is 11.9. The summed E-state index contributed by atoms with van der Waals surface area (Å²) in [5.41, 5.74) is 1.20. The molecule has 1 aromatic carbocycles. The van der Waals surface area contributed by atoms with Crippen LogP contribution in [0.5, 0.6) is 5.75 Å². The lowest BCUT2D eigenvalue weighted by atomic mass is 10.1. The van der Waals surface area contributed by atoms with E-state index >= 15 is 0 Å². The van der Waals surface area contributed by atoms with Crippen LogP contribution in [0.4, 0.5) is 5.00 Å². The van der Waals surface area contributed by atoms with Crippen LogP contribution in [0.1, 0.15) is 46.6 Å². The van der Waals surface area contributed by atoms with Crippen molar-refractivity contribution in [3.05, 3.63) is 50.1 Å². The molecule has 0 aliphatic rings. The predicted molar refractivity (Wildman–Crippen MR) is 136 cm³/mol. The van der Waals surface area contributed by atoms with Crippen molar-refractivity contribution in [1.82, 2.24) is 14.8 Å². The lowest BCUT2D eigenvalue weighted by Gasteiger charge is -2.15. The van der Waals surface area contributed by atoms with Gasteiger partial charge in [-0.1, -0.05) is 35.0 Å². The van der Waals surface area contributed by atoms with Crippen molar-refractivity contribution in [1.29, 1.82) is 0 Å². The lowest BCUT2D eigenvalue weighted by molar-refractivity contribution is -0.113. The second-order valence-electron chi connectivity index (χ2n) is 7.28. The first kappa shape index (κ1) is 26.3. The first-order chi connectivity index (χ1) is 16.1. The molecule has 0 bridgehead atoms. The highest BCUT2D eigenvalue weighted by Crippen LogP contribution is 2.34. The molecule has 8 nitrogen and oxygen atoms in total. The van der Waals surface area contributed by atoms with E-state index in [1.54, 1.807) is 36.7 Å². The second kappa shape index (κ2) is 11.4. The van der Waals surface area contributed by atoms with Gasteiger partial charge in [0, 0.05) is 23.0 Å². The third-order valence-electron chi connectivity index (χ3n) is 4.88. The summed E-state index contributed by atoms with van der Waals surface area (Å²) in [5.74, 6) is 0.375. The predicted octanol–water partition coefficient (Wildman–Crippen LogP) is 5.85. The first-order valence-corrected chi connectivity index (χ1v) is 12.9. The van der Waals surface area contributed by atoms with Crippen molar-refractivity contribution in [2.45, 2.75) is 39.0 Å². The summed E-state index contributed by atoms with van der Waals surface area (Å²) in [6.45, 7) is 7.56. The SMILES string of the molecule is CCOC(=O)c1c(NC(=O)CSc2nnc(C(C)Oc3cc(Cl)ccc3Cl)n2C)sc(C)c1C. The van der Waals surface area contributed by atoms with Crippen LogP contribution in [0.15, 0.2) is 23.4 Å². The number of rotatable bonds is 9. The number of aryl methyl sites for hydroxylation is 1. The molecule has 2 heterocycles. The number of nitrogens with one attached hydrogen (secondary N) is 1. The van der Waals surface area contributed by atoms with E-state index in [0.29, 0.717) is 37.3 Å². The molecule has 0 saturated carbocycles. The van der Waals surface area contributed by atoms with Crippen LogP contribution in [0.25, 0.3) is 0 Å². The van der Waals surface area contributed by atoms with E-state index in [1.165, 1.54) is 23.1 Å². The molecule has 34 heavy (non-hydrogen) atoms. The number of hydrogen-bond acceptors (Lipinski definition) is 8. The number of benzene rings is 1. The van der Waals surface area contributed by atoms with Crippen LogP contribution in [-0.2, 0) is 16.6 Å². The van der Waals surface area contributed by atoms with Gasteiger partial charge in [0.2, 0.25) is 5.91 Å². The van der Waals surface area contributed by atoms with Crippen LogP contribution in [0, 0.1) is 13.8 Å². The highest BCUT2D eigenvalue weighted by molar-refractivity contribution is 7.99. The van der Waals surface area contributed by atoms with Gasteiger partial charge >= 0.3 is 5.97 Å². The summed E-state index contributed by atoms with van der Waals surface area (Å²) in [6.07, 6.45) is -0.458. The van der Waals surface area contributed by atoms with E-state index < -0.39 is 12.1 Å². The molecule has 3 aromatic rings. The average molecular weight is 543 g/mol. The van der Waals surface area contributed by atoms with Gasteiger partial charge in [-0.15, -0.1) is 21.5 Å². The average Bonchev–Trinajstić information content (AvgIpc) is 3.28. The highest BCUT2D eigenvalue weighted by atomic mass is 35.5. The van der Waals surface area contributed by atoms with Gasteiger partial charge in [0.05, 0.1) is 22.9 Å². The Labute approximate surface area is 215 Å². The number of ether oxygens (including phenoxy) is 2. The van der Waals surface area contributed by atoms with Crippen LogP contribution >= 0.6 is 46.3 Å². The molecule has 1 N–H and O–H groups in total. The molecule has 0 saturated heterocycles. The molecule has 12 heteroatoms. The molecule has 1 atom stereocenters. The summed E-state index contributed by atoms with van der Waals surface area (Å²) in [5, 5.41) is 13.2. The van der Waals surface area contributed by atoms with Gasteiger partial charge in [0.25, 0.3) is 0 Å². The second-order valence-corrected chi connectivity index (χ2v) is 10.3. The van der Waals surface area contributed by atoms with Gasteiger partial charge in [-0.2, -0.15) is 0 Å². The molecule has 0 aliphatic heterocycles. The Hall–Kier alpha value is -2.27. The Balaban J connectivity index is 1.65. The molecule has 1 unspecified atom stereocenters. The zero-order chi connectivity index (χ0) is 25.0. The van der Waals surface area contributed by atoms with Crippen molar-refractivity contribution in [3.63, 3.8) is 0 Å². The number of amides is 1. The first-order valence-electron chi connectivity index (χ1n) is 10.3. The number of esters is 1. The fourth-order valence-electron chi connectivity index (χ4n) is 3.07. The quantitative estimate of drug-likeness (QED) is 0.267. The molecular weight excluding hydrogens is 519 g/mol. The molecule has 0 aliphatic carbocycles. The molecule has 0 fully saturated rings. The van der Waals surface area contributed by atoms with Gasteiger partial charge in [0.1, 0.15) is 10.8 Å². The molecule has 182 valence electrons. The number of carbonyl (C=O) groups excluding carboxylic acids is 2. The topological polar surface area (TPSA) is 95.3 Å². The number of hydrogen-bond donors (Lipinski definition) is 1. The smallest absolute Gasteiger partial charge is 0.341 e. The summed E-state index contributed by atoms with van der Waals surface area (Å²) < 4.78 is 12.8. The third kappa shape index (κ3) is 6.04. The van der Waals surface area contributed by atoms with Crippen molar-refractivity contribution < 1.29 is 19.1 Å². The Kier molecular flexibility index (Phi) is 8.86. The maximum Gasteiger partial charge on any atom is 0.341 e. The highest BCUT2D eigenvalue weighted by Gasteiger charge is 2.23.